The Bertz CT molecular complexity index is 957. The van der Waals surface area contributed by atoms with Crippen molar-refractivity contribution in [3.63, 3.8) is 0 Å². The van der Waals surface area contributed by atoms with Crippen LogP contribution in [0.5, 0.6) is 0 Å². The van der Waals surface area contributed by atoms with Gasteiger partial charge in [-0.2, -0.15) is 0 Å². The van der Waals surface area contributed by atoms with Gasteiger partial charge in [-0.1, -0.05) is 18.2 Å². The number of halogens is 1. The summed E-state index contributed by atoms with van der Waals surface area (Å²) >= 11 is 0. The third-order valence-corrected chi connectivity index (χ3v) is 6.22. The van der Waals surface area contributed by atoms with E-state index in [0.29, 0.717) is 18.4 Å². The fraction of sp³-hybridized carbons (Fsp3) is 0.350. The molecule has 1 unspecified atom stereocenters. The Hall–Kier alpha value is -2.25. The quantitative estimate of drug-likeness (QED) is 0.796. The van der Waals surface area contributed by atoms with E-state index in [-0.39, 0.29) is 35.1 Å². The minimum atomic E-state index is -3.58. The smallest absolute Gasteiger partial charge is 0.240 e. The molecule has 2 aromatic carbocycles. The molecule has 3 rings (SSSR count). The first-order valence-corrected chi connectivity index (χ1v) is 10.4. The highest BCUT2D eigenvalue weighted by molar-refractivity contribution is 7.89. The summed E-state index contributed by atoms with van der Waals surface area (Å²) in [6.45, 7) is 3.75. The molecule has 144 valence electrons. The Morgan fingerprint density at radius 1 is 1.22 bits per heavy atom. The number of hydrogen-bond acceptors (Lipinski definition) is 3. The molecule has 0 bridgehead atoms. The van der Waals surface area contributed by atoms with Crippen molar-refractivity contribution in [2.75, 3.05) is 0 Å². The maximum Gasteiger partial charge on any atom is 0.240 e. The van der Waals surface area contributed by atoms with E-state index in [1.807, 2.05) is 0 Å². The van der Waals surface area contributed by atoms with Gasteiger partial charge in [0.1, 0.15) is 5.82 Å². The lowest BCUT2D eigenvalue weighted by Gasteiger charge is -2.14. The predicted octanol–water partition coefficient (Wildman–Crippen LogP) is 2.86. The number of rotatable bonds is 6. The molecule has 0 aliphatic heterocycles. The number of carbonyl (C=O) groups excluding carboxylic acids is 1. The van der Waals surface area contributed by atoms with Crippen LogP contribution in [0.15, 0.2) is 47.4 Å². The summed E-state index contributed by atoms with van der Waals surface area (Å²) in [5.74, 6) is -0.716. The normalized spacial score (nSPS) is 16.4. The van der Waals surface area contributed by atoms with E-state index in [1.54, 1.807) is 38.1 Å². The number of carbonyl (C=O) groups is 1. The zero-order chi connectivity index (χ0) is 19.6. The summed E-state index contributed by atoms with van der Waals surface area (Å²) in [4.78, 5) is 12.7. The van der Waals surface area contributed by atoms with E-state index >= 15 is 0 Å². The van der Waals surface area contributed by atoms with E-state index < -0.39 is 10.0 Å². The maximum absolute atomic E-state index is 13.3. The number of benzene rings is 2. The van der Waals surface area contributed by atoms with Crippen LogP contribution in [0.25, 0.3) is 0 Å². The van der Waals surface area contributed by atoms with Crippen molar-refractivity contribution in [1.29, 1.82) is 0 Å². The average Bonchev–Trinajstić information content (AvgIpc) is 3.02. The minimum absolute atomic E-state index is 0.131. The van der Waals surface area contributed by atoms with Crippen molar-refractivity contribution in [2.24, 2.45) is 0 Å². The summed E-state index contributed by atoms with van der Waals surface area (Å²) in [7, 11) is -3.58. The Morgan fingerprint density at radius 2 is 2.00 bits per heavy atom. The second kappa shape index (κ2) is 7.78. The second-order valence-electron chi connectivity index (χ2n) is 7.08. The summed E-state index contributed by atoms with van der Waals surface area (Å²) in [5, 5.41) is 2.87. The monoisotopic (exact) mass is 390 g/mol. The van der Waals surface area contributed by atoms with Crippen LogP contribution < -0.4 is 10.0 Å². The number of aryl methyl sites for hydroxylation is 1. The summed E-state index contributed by atoms with van der Waals surface area (Å²) in [6.07, 6.45) is 1.33. The number of sulfonamides is 1. The Labute approximate surface area is 159 Å². The SMILES string of the molecule is CC(C)NS(=O)(=O)c1cccc(CNC(=O)C2CCc3cc(F)ccc32)c1. The van der Waals surface area contributed by atoms with Crippen LogP contribution in [0.2, 0.25) is 0 Å². The largest absolute Gasteiger partial charge is 0.351 e. The van der Waals surface area contributed by atoms with Crippen molar-refractivity contribution < 1.29 is 17.6 Å². The molecule has 1 atom stereocenters. The van der Waals surface area contributed by atoms with Crippen LogP contribution >= 0.6 is 0 Å². The van der Waals surface area contributed by atoms with Gasteiger partial charge in [0.2, 0.25) is 15.9 Å². The zero-order valence-electron chi connectivity index (χ0n) is 15.3. The van der Waals surface area contributed by atoms with E-state index in [9.17, 15) is 17.6 Å². The third-order valence-electron chi connectivity index (χ3n) is 4.57. The molecule has 1 amide bonds. The molecule has 0 fully saturated rings. The van der Waals surface area contributed by atoms with Gasteiger partial charge in [0.25, 0.3) is 0 Å². The van der Waals surface area contributed by atoms with Gasteiger partial charge in [-0.15, -0.1) is 0 Å². The van der Waals surface area contributed by atoms with Crippen molar-refractivity contribution in [2.45, 2.75) is 50.1 Å². The fourth-order valence-corrected chi connectivity index (χ4v) is 4.69. The van der Waals surface area contributed by atoms with E-state index in [0.717, 1.165) is 11.1 Å². The molecule has 5 nitrogen and oxygen atoms in total. The molecule has 2 N–H and O–H groups in total. The van der Waals surface area contributed by atoms with E-state index in [1.165, 1.54) is 18.2 Å². The van der Waals surface area contributed by atoms with Gasteiger partial charge in [-0.05, 0) is 67.6 Å². The molecular formula is C20H23FN2O3S. The van der Waals surface area contributed by atoms with Gasteiger partial charge in [-0.25, -0.2) is 17.5 Å². The Kier molecular flexibility index (Phi) is 5.62. The predicted molar refractivity (Wildman–Crippen MR) is 101 cm³/mol. The highest BCUT2D eigenvalue weighted by atomic mass is 32.2. The number of hydrogen-bond donors (Lipinski definition) is 2. The molecule has 0 heterocycles. The van der Waals surface area contributed by atoms with Gasteiger partial charge in [0, 0.05) is 12.6 Å². The van der Waals surface area contributed by atoms with E-state index in [4.69, 9.17) is 0 Å². The van der Waals surface area contributed by atoms with Gasteiger partial charge in [-0.3, -0.25) is 4.79 Å². The van der Waals surface area contributed by atoms with Crippen LogP contribution in [0.4, 0.5) is 4.39 Å². The molecule has 0 radical (unpaired) electrons. The van der Waals surface area contributed by atoms with Crippen LogP contribution in [-0.4, -0.2) is 20.4 Å². The lowest BCUT2D eigenvalue weighted by molar-refractivity contribution is -0.122. The molecule has 1 aliphatic rings. The van der Waals surface area contributed by atoms with Crippen LogP contribution in [0.3, 0.4) is 0 Å². The molecule has 1 aliphatic carbocycles. The maximum atomic E-state index is 13.3. The Morgan fingerprint density at radius 3 is 2.74 bits per heavy atom. The van der Waals surface area contributed by atoms with Crippen LogP contribution in [0, 0.1) is 5.82 Å². The van der Waals surface area contributed by atoms with Crippen molar-refractivity contribution in [1.82, 2.24) is 10.0 Å². The summed E-state index contributed by atoms with van der Waals surface area (Å²) < 4.78 is 40.4. The topological polar surface area (TPSA) is 75.3 Å². The first-order chi connectivity index (χ1) is 12.8. The van der Waals surface area contributed by atoms with E-state index in [2.05, 4.69) is 10.0 Å². The van der Waals surface area contributed by atoms with Crippen LogP contribution in [0.1, 0.15) is 42.9 Å². The first-order valence-electron chi connectivity index (χ1n) is 8.93. The lowest BCUT2D eigenvalue weighted by atomic mass is 10.0. The molecular weight excluding hydrogens is 367 g/mol. The van der Waals surface area contributed by atoms with Crippen LogP contribution in [-0.2, 0) is 27.8 Å². The zero-order valence-corrected chi connectivity index (χ0v) is 16.1. The second-order valence-corrected chi connectivity index (χ2v) is 8.79. The fourth-order valence-electron chi connectivity index (χ4n) is 3.37. The molecule has 0 aromatic heterocycles. The number of amides is 1. The van der Waals surface area contributed by atoms with Gasteiger partial charge >= 0.3 is 0 Å². The minimum Gasteiger partial charge on any atom is -0.351 e. The molecule has 27 heavy (non-hydrogen) atoms. The number of fused-ring (bicyclic) bond motifs is 1. The summed E-state index contributed by atoms with van der Waals surface area (Å²) in [6, 6.07) is 10.8. The standard InChI is InChI=1S/C20H23FN2O3S/c1-13(2)23-27(25,26)17-5-3-4-14(10-17)12-22-20(24)19-8-6-15-11-16(21)7-9-18(15)19/h3-5,7,9-11,13,19,23H,6,8,12H2,1-2H3,(H,22,24). The highest BCUT2D eigenvalue weighted by Gasteiger charge is 2.28. The first kappa shape index (κ1) is 19.5. The third kappa shape index (κ3) is 4.54. The Balaban J connectivity index is 1.68. The average molecular weight is 390 g/mol. The van der Waals surface area contributed by atoms with Gasteiger partial charge in [0.15, 0.2) is 0 Å². The molecule has 2 aromatic rings. The molecule has 7 heteroatoms. The number of nitrogens with one attached hydrogen (secondary N) is 2. The highest BCUT2D eigenvalue weighted by Crippen LogP contribution is 2.33. The molecule has 0 saturated heterocycles. The van der Waals surface area contributed by atoms with Gasteiger partial charge < -0.3 is 5.32 Å². The summed E-state index contributed by atoms with van der Waals surface area (Å²) in [5.41, 5.74) is 2.45. The lowest BCUT2D eigenvalue weighted by Crippen LogP contribution is -2.30. The van der Waals surface area contributed by atoms with Crippen molar-refractivity contribution >= 4 is 15.9 Å². The molecule has 0 spiro atoms. The van der Waals surface area contributed by atoms with Gasteiger partial charge in [0.05, 0.1) is 10.8 Å². The van der Waals surface area contributed by atoms with Crippen molar-refractivity contribution in [3.05, 3.63) is 65.0 Å². The van der Waals surface area contributed by atoms with Crippen molar-refractivity contribution in [3.8, 4) is 0 Å². The molecule has 0 saturated carbocycles.